The zero-order chi connectivity index (χ0) is 13.7. The first kappa shape index (κ1) is 14.9. The van der Waals surface area contributed by atoms with Crippen molar-refractivity contribution in [1.29, 1.82) is 0 Å². The molecule has 4 nitrogen and oxygen atoms in total. The fourth-order valence-corrected chi connectivity index (χ4v) is 4.34. The van der Waals surface area contributed by atoms with Gasteiger partial charge in [-0.25, -0.2) is 4.98 Å². The van der Waals surface area contributed by atoms with Crippen LogP contribution >= 0.6 is 11.8 Å². The monoisotopic (exact) mass is 282 g/mol. The van der Waals surface area contributed by atoms with Crippen molar-refractivity contribution in [2.75, 3.05) is 6.54 Å². The number of nitrogens with one attached hydrogen (secondary N) is 2. The number of aromatic nitrogens is 3. The van der Waals surface area contributed by atoms with E-state index in [2.05, 4.69) is 34.3 Å². The van der Waals surface area contributed by atoms with E-state index in [9.17, 15) is 0 Å². The van der Waals surface area contributed by atoms with Crippen LogP contribution in [0.5, 0.6) is 0 Å². The fourth-order valence-electron chi connectivity index (χ4n) is 3.02. The van der Waals surface area contributed by atoms with E-state index in [1.807, 2.05) is 18.7 Å². The predicted octanol–water partition coefficient (Wildman–Crippen LogP) is 3.15. The minimum atomic E-state index is 0.612. The average molecular weight is 282 g/mol. The summed E-state index contributed by atoms with van der Waals surface area (Å²) in [5, 5.41) is 12.4. The van der Waals surface area contributed by atoms with Crippen LogP contribution in [0, 0.1) is 12.8 Å². The molecule has 0 saturated heterocycles. The zero-order valence-electron chi connectivity index (χ0n) is 12.3. The second-order valence-electron chi connectivity index (χ2n) is 5.49. The quantitative estimate of drug-likeness (QED) is 0.841. The largest absolute Gasteiger partial charge is 0.313 e. The molecule has 0 radical (unpaired) electrons. The summed E-state index contributed by atoms with van der Waals surface area (Å²) in [5.74, 6) is 1.79. The summed E-state index contributed by atoms with van der Waals surface area (Å²) in [6.45, 7) is 7.49. The molecule has 1 heterocycles. The number of hydrogen-bond acceptors (Lipinski definition) is 4. The highest BCUT2D eigenvalue weighted by Gasteiger charge is 2.31. The fraction of sp³-hybridized carbons (Fsp3) is 0.857. The maximum absolute atomic E-state index is 4.44. The minimum absolute atomic E-state index is 0.612. The number of aromatic amines is 1. The van der Waals surface area contributed by atoms with E-state index in [0.717, 1.165) is 23.4 Å². The first-order valence-electron chi connectivity index (χ1n) is 7.52. The number of hydrogen-bond donors (Lipinski definition) is 2. The Morgan fingerprint density at radius 2 is 2.21 bits per heavy atom. The van der Waals surface area contributed by atoms with Gasteiger partial charge in [-0.1, -0.05) is 38.5 Å². The Morgan fingerprint density at radius 3 is 2.84 bits per heavy atom. The highest BCUT2D eigenvalue weighted by Crippen LogP contribution is 2.37. The number of aryl methyl sites for hydroxylation is 1. The lowest BCUT2D eigenvalue weighted by Crippen LogP contribution is -2.42. The van der Waals surface area contributed by atoms with Gasteiger partial charge in [0.25, 0.3) is 0 Å². The van der Waals surface area contributed by atoms with Crippen LogP contribution in [0.15, 0.2) is 5.16 Å². The van der Waals surface area contributed by atoms with Gasteiger partial charge in [0.15, 0.2) is 0 Å². The number of H-pyrrole nitrogens is 1. The van der Waals surface area contributed by atoms with Crippen LogP contribution in [0.3, 0.4) is 0 Å². The molecular formula is C14H26N4S. The lowest BCUT2D eigenvalue weighted by atomic mass is 9.83. The van der Waals surface area contributed by atoms with Crippen LogP contribution in [0.2, 0.25) is 0 Å². The first-order chi connectivity index (χ1) is 9.22. The lowest BCUT2D eigenvalue weighted by Gasteiger charge is -2.35. The Bertz CT molecular complexity index is 379. The van der Waals surface area contributed by atoms with E-state index in [-0.39, 0.29) is 0 Å². The minimum Gasteiger partial charge on any atom is -0.313 e. The molecule has 2 N–H and O–H groups in total. The highest BCUT2D eigenvalue weighted by atomic mass is 32.2. The topological polar surface area (TPSA) is 53.6 Å². The molecule has 3 atom stereocenters. The van der Waals surface area contributed by atoms with E-state index in [1.54, 1.807) is 0 Å². The van der Waals surface area contributed by atoms with E-state index in [0.29, 0.717) is 11.3 Å². The zero-order valence-corrected chi connectivity index (χ0v) is 13.1. The van der Waals surface area contributed by atoms with Crippen LogP contribution in [0.4, 0.5) is 0 Å². The van der Waals surface area contributed by atoms with Gasteiger partial charge >= 0.3 is 0 Å². The molecule has 5 heteroatoms. The second-order valence-corrected chi connectivity index (χ2v) is 6.70. The van der Waals surface area contributed by atoms with Crippen LogP contribution in [-0.2, 0) is 0 Å². The molecule has 0 aromatic carbocycles. The first-order valence-corrected chi connectivity index (χ1v) is 8.39. The van der Waals surface area contributed by atoms with E-state index in [4.69, 9.17) is 0 Å². The summed E-state index contributed by atoms with van der Waals surface area (Å²) in [5.41, 5.74) is 0. The molecule has 3 unspecified atom stereocenters. The molecule has 0 bridgehead atoms. The summed E-state index contributed by atoms with van der Waals surface area (Å²) >= 11 is 1.85. The standard InChI is InChI=1S/C14H26N4S/c1-4-6-11-7-8-12(15-5-2)13(9-11)19-14-16-10(3)17-18-14/h11-13,15H,4-9H2,1-3H3,(H,16,17,18). The summed E-state index contributed by atoms with van der Waals surface area (Å²) in [6.07, 6.45) is 6.62. The summed E-state index contributed by atoms with van der Waals surface area (Å²) in [4.78, 5) is 4.44. The van der Waals surface area contributed by atoms with Gasteiger partial charge in [-0.3, -0.25) is 5.10 Å². The Hall–Kier alpha value is -0.550. The molecule has 1 saturated carbocycles. The lowest BCUT2D eigenvalue weighted by molar-refractivity contribution is 0.289. The van der Waals surface area contributed by atoms with Gasteiger partial charge in [0.2, 0.25) is 5.16 Å². The van der Waals surface area contributed by atoms with Gasteiger partial charge in [0, 0.05) is 11.3 Å². The molecule has 1 aliphatic carbocycles. The predicted molar refractivity (Wildman–Crippen MR) is 80.5 cm³/mol. The Kier molecular flexibility index (Phi) is 5.70. The van der Waals surface area contributed by atoms with Gasteiger partial charge in [-0.2, -0.15) is 0 Å². The number of thioether (sulfide) groups is 1. The van der Waals surface area contributed by atoms with Crippen molar-refractivity contribution in [2.45, 2.75) is 69.3 Å². The van der Waals surface area contributed by atoms with Crippen LogP contribution in [-0.4, -0.2) is 33.0 Å². The van der Waals surface area contributed by atoms with Crippen molar-refractivity contribution in [1.82, 2.24) is 20.5 Å². The molecule has 108 valence electrons. The molecule has 0 aliphatic heterocycles. The van der Waals surface area contributed by atoms with E-state index in [1.165, 1.54) is 32.1 Å². The number of rotatable bonds is 6. The summed E-state index contributed by atoms with van der Waals surface area (Å²) in [7, 11) is 0. The van der Waals surface area contributed by atoms with Crippen molar-refractivity contribution < 1.29 is 0 Å². The smallest absolute Gasteiger partial charge is 0.208 e. The highest BCUT2D eigenvalue weighted by molar-refractivity contribution is 7.99. The van der Waals surface area contributed by atoms with Crippen molar-refractivity contribution in [3.8, 4) is 0 Å². The third-order valence-electron chi connectivity index (χ3n) is 3.90. The molecule has 0 amide bonds. The molecule has 2 rings (SSSR count). The maximum atomic E-state index is 4.44. The van der Waals surface area contributed by atoms with Gasteiger partial charge in [-0.05, 0) is 38.6 Å². The normalized spacial score (nSPS) is 27.6. The average Bonchev–Trinajstić information content (AvgIpc) is 2.79. The second kappa shape index (κ2) is 7.29. The van der Waals surface area contributed by atoms with Crippen LogP contribution in [0.25, 0.3) is 0 Å². The Morgan fingerprint density at radius 1 is 1.37 bits per heavy atom. The summed E-state index contributed by atoms with van der Waals surface area (Å²) in [6, 6.07) is 0.613. The molecular weight excluding hydrogens is 256 g/mol. The van der Waals surface area contributed by atoms with Crippen LogP contribution < -0.4 is 5.32 Å². The van der Waals surface area contributed by atoms with E-state index >= 15 is 0 Å². The van der Waals surface area contributed by atoms with Crippen molar-refractivity contribution in [3.05, 3.63) is 5.82 Å². The van der Waals surface area contributed by atoms with Gasteiger partial charge in [0.05, 0.1) is 0 Å². The molecule has 1 aromatic rings. The number of nitrogens with zero attached hydrogens (tertiary/aromatic N) is 2. The Labute approximate surface area is 120 Å². The Balaban J connectivity index is 1.98. The third kappa shape index (κ3) is 4.21. The van der Waals surface area contributed by atoms with Gasteiger partial charge in [-0.15, -0.1) is 5.10 Å². The maximum Gasteiger partial charge on any atom is 0.208 e. The molecule has 1 fully saturated rings. The van der Waals surface area contributed by atoms with Crippen molar-refractivity contribution in [2.24, 2.45) is 5.92 Å². The van der Waals surface area contributed by atoms with Gasteiger partial charge < -0.3 is 5.32 Å². The SMILES string of the molecule is CCCC1CCC(NCC)C(Sc2n[nH]c(C)n2)C1. The van der Waals surface area contributed by atoms with Crippen molar-refractivity contribution >= 4 is 11.8 Å². The van der Waals surface area contributed by atoms with Gasteiger partial charge in [0.1, 0.15) is 5.82 Å². The summed E-state index contributed by atoms with van der Waals surface area (Å²) < 4.78 is 0. The molecule has 1 aliphatic rings. The molecule has 1 aromatic heterocycles. The third-order valence-corrected chi connectivity index (χ3v) is 5.11. The molecule has 19 heavy (non-hydrogen) atoms. The van der Waals surface area contributed by atoms with Crippen LogP contribution in [0.1, 0.15) is 51.8 Å². The van der Waals surface area contributed by atoms with E-state index < -0.39 is 0 Å². The van der Waals surface area contributed by atoms with Crippen molar-refractivity contribution in [3.63, 3.8) is 0 Å². The molecule has 0 spiro atoms.